The van der Waals surface area contributed by atoms with Crippen molar-refractivity contribution in [1.29, 1.82) is 0 Å². The van der Waals surface area contributed by atoms with E-state index in [1.54, 1.807) is 6.07 Å². The monoisotopic (exact) mass is 265 g/mol. The minimum absolute atomic E-state index is 0.00714. The van der Waals surface area contributed by atoms with Crippen molar-refractivity contribution in [3.05, 3.63) is 23.7 Å². The molecule has 106 valence electrons. The first kappa shape index (κ1) is 14.1. The van der Waals surface area contributed by atoms with Crippen molar-refractivity contribution < 1.29 is 14.3 Å². The third-order valence-electron chi connectivity index (χ3n) is 4.15. The third-order valence-corrected chi connectivity index (χ3v) is 4.15. The molecule has 1 heterocycles. The van der Waals surface area contributed by atoms with Crippen LogP contribution >= 0.6 is 0 Å². The van der Waals surface area contributed by atoms with Crippen LogP contribution in [0.5, 0.6) is 0 Å². The first-order chi connectivity index (χ1) is 9.08. The van der Waals surface area contributed by atoms with Crippen LogP contribution in [-0.4, -0.2) is 23.2 Å². The van der Waals surface area contributed by atoms with Crippen molar-refractivity contribution in [1.82, 2.24) is 5.32 Å². The summed E-state index contributed by atoms with van der Waals surface area (Å²) in [7, 11) is 0. The van der Waals surface area contributed by atoms with Gasteiger partial charge in [-0.15, -0.1) is 0 Å². The molecule has 1 aliphatic carbocycles. The Morgan fingerprint density at radius 3 is 2.68 bits per heavy atom. The van der Waals surface area contributed by atoms with Crippen molar-refractivity contribution >= 4 is 5.91 Å². The number of carbonyl (C=O) groups excluding carboxylic acids is 1. The van der Waals surface area contributed by atoms with Crippen LogP contribution in [0.25, 0.3) is 0 Å². The molecule has 0 radical (unpaired) electrons. The van der Waals surface area contributed by atoms with Crippen molar-refractivity contribution in [3.8, 4) is 0 Å². The first-order valence-corrected chi connectivity index (χ1v) is 7.10. The standard InChI is InChI=1S/C15H23NO3/c1-3-12-4-5-13(19-12)14(18)16-15(10-17)8-6-11(2)7-9-15/h4-5,11,17H,3,6-10H2,1-2H3,(H,16,18). The molecule has 1 aliphatic rings. The Bertz CT molecular complexity index is 430. The average Bonchev–Trinajstić information content (AvgIpc) is 2.91. The average molecular weight is 265 g/mol. The molecule has 1 aromatic rings. The van der Waals surface area contributed by atoms with E-state index in [-0.39, 0.29) is 12.5 Å². The van der Waals surface area contributed by atoms with Crippen molar-refractivity contribution in [2.75, 3.05) is 6.61 Å². The highest BCUT2D eigenvalue weighted by Gasteiger charge is 2.35. The molecule has 0 atom stereocenters. The van der Waals surface area contributed by atoms with Gasteiger partial charge in [0.2, 0.25) is 0 Å². The number of aliphatic hydroxyl groups excluding tert-OH is 1. The summed E-state index contributed by atoms with van der Waals surface area (Å²) in [6.45, 7) is 4.19. The summed E-state index contributed by atoms with van der Waals surface area (Å²) in [5, 5.41) is 12.6. The Morgan fingerprint density at radius 2 is 2.16 bits per heavy atom. The fraction of sp³-hybridized carbons (Fsp3) is 0.667. The zero-order chi connectivity index (χ0) is 13.9. The molecule has 2 N–H and O–H groups in total. The summed E-state index contributed by atoms with van der Waals surface area (Å²) in [6, 6.07) is 3.52. The second-order valence-electron chi connectivity index (χ2n) is 5.69. The van der Waals surface area contributed by atoms with E-state index >= 15 is 0 Å². The predicted molar refractivity (Wildman–Crippen MR) is 73.0 cm³/mol. The molecular formula is C15H23NO3. The van der Waals surface area contributed by atoms with Gasteiger partial charge in [-0.2, -0.15) is 0 Å². The normalized spacial score (nSPS) is 27.2. The summed E-state index contributed by atoms with van der Waals surface area (Å²) in [6.07, 6.45) is 4.52. The molecule has 0 bridgehead atoms. The van der Waals surface area contributed by atoms with Gasteiger partial charge in [0.25, 0.3) is 5.91 Å². The smallest absolute Gasteiger partial charge is 0.287 e. The number of hydrogen-bond donors (Lipinski definition) is 2. The number of rotatable bonds is 4. The molecule has 0 aromatic carbocycles. The molecule has 2 rings (SSSR count). The molecule has 4 nitrogen and oxygen atoms in total. The first-order valence-electron chi connectivity index (χ1n) is 7.10. The van der Waals surface area contributed by atoms with Crippen LogP contribution in [0.2, 0.25) is 0 Å². The number of aliphatic hydroxyl groups is 1. The summed E-state index contributed by atoms with van der Waals surface area (Å²) in [5.41, 5.74) is -0.469. The van der Waals surface area contributed by atoms with Crippen molar-refractivity contribution in [2.45, 2.75) is 51.5 Å². The highest BCUT2D eigenvalue weighted by Crippen LogP contribution is 2.31. The highest BCUT2D eigenvalue weighted by atomic mass is 16.3. The third kappa shape index (κ3) is 3.18. The van der Waals surface area contributed by atoms with Gasteiger partial charge >= 0.3 is 0 Å². The maximum atomic E-state index is 12.2. The molecule has 0 aliphatic heterocycles. The van der Waals surface area contributed by atoms with E-state index in [0.29, 0.717) is 11.7 Å². The second-order valence-corrected chi connectivity index (χ2v) is 5.69. The second kappa shape index (κ2) is 5.78. The molecule has 1 saturated carbocycles. The molecular weight excluding hydrogens is 242 g/mol. The van der Waals surface area contributed by atoms with Gasteiger partial charge in [-0.05, 0) is 43.7 Å². The molecule has 4 heteroatoms. The molecule has 1 fully saturated rings. The van der Waals surface area contributed by atoms with Crippen LogP contribution in [0, 0.1) is 5.92 Å². The van der Waals surface area contributed by atoms with E-state index < -0.39 is 5.54 Å². The van der Waals surface area contributed by atoms with Crippen molar-refractivity contribution in [3.63, 3.8) is 0 Å². The van der Waals surface area contributed by atoms with Crippen LogP contribution in [0.3, 0.4) is 0 Å². The van der Waals surface area contributed by atoms with Crippen LogP contribution in [-0.2, 0) is 6.42 Å². The quantitative estimate of drug-likeness (QED) is 0.879. The van der Waals surface area contributed by atoms with Gasteiger partial charge in [0, 0.05) is 6.42 Å². The number of hydrogen-bond acceptors (Lipinski definition) is 3. The van der Waals surface area contributed by atoms with E-state index in [2.05, 4.69) is 12.2 Å². The minimum atomic E-state index is -0.469. The fourth-order valence-corrected chi connectivity index (χ4v) is 2.63. The summed E-state index contributed by atoms with van der Waals surface area (Å²) in [5.74, 6) is 1.60. The van der Waals surface area contributed by atoms with E-state index in [1.165, 1.54) is 0 Å². The van der Waals surface area contributed by atoms with Gasteiger partial charge < -0.3 is 14.8 Å². The Balaban J connectivity index is 2.03. The number of carbonyl (C=O) groups is 1. The molecule has 0 unspecified atom stereocenters. The molecule has 0 saturated heterocycles. The van der Waals surface area contributed by atoms with Crippen LogP contribution in [0.1, 0.15) is 55.8 Å². The summed E-state index contributed by atoms with van der Waals surface area (Å²) >= 11 is 0. The van der Waals surface area contributed by atoms with Gasteiger partial charge in [0.1, 0.15) is 5.76 Å². The van der Waals surface area contributed by atoms with Gasteiger partial charge in [-0.1, -0.05) is 13.8 Å². The maximum absolute atomic E-state index is 12.2. The number of nitrogens with one attached hydrogen (secondary N) is 1. The Morgan fingerprint density at radius 1 is 1.47 bits per heavy atom. The molecule has 1 aromatic heterocycles. The lowest BCUT2D eigenvalue weighted by Crippen LogP contribution is -2.53. The minimum Gasteiger partial charge on any atom is -0.456 e. The number of amides is 1. The zero-order valence-corrected chi connectivity index (χ0v) is 11.7. The van der Waals surface area contributed by atoms with E-state index in [9.17, 15) is 9.90 Å². The van der Waals surface area contributed by atoms with Crippen LogP contribution in [0.15, 0.2) is 16.5 Å². The SMILES string of the molecule is CCc1ccc(C(=O)NC2(CO)CCC(C)CC2)o1. The fourth-order valence-electron chi connectivity index (χ4n) is 2.63. The zero-order valence-electron chi connectivity index (χ0n) is 11.7. The lowest BCUT2D eigenvalue weighted by Gasteiger charge is -2.38. The lowest BCUT2D eigenvalue weighted by atomic mass is 9.77. The molecule has 1 amide bonds. The highest BCUT2D eigenvalue weighted by molar-refractivity contribution is 5.92. The van der Waals surface area contributed by atoms with Gasteiger partial charge in [-0.3, -0.25) is 4.79 Å². The Kier molecular flexibility index (Phi) is 4.30. The molecule has 19 heavy (non-hydrogen) atoms. The number of furan rings is 1. The van der Waals surface area contributed by atoms with Crippen LogP contribution < -0.4 is 5.32 Å². The largest absolute Gasteiger partial charge is 0.456 e. The lowest BCUT2D eigenvalue weighted by molar-refractivity contribution is 0.0692. The summed E-state index contributed by atoms with van der Waals surface area (Å²) < 4.78 is 5.45. The van der Waals surface area contributed by atoms with Gasteiger partial charge in [-0.25, -0.2) is 0 Å². The van der Waals surface area contributed by atoms with E-state index in [1.807, 2.05) is 13.0 Å². The Hall–Kier alpha value is -1.29. The van der Waals surface area contributed by atoms with Gasteiger partial charge in [0.15, 0.2) is 5.76 Å². The van der Waals surface area contributed by atoms with E-state index in [0.717, 1.165) is 37.9 Å². The maximum Gasteiger partial charge on any atom is 0.287 e. The molecule has 0 spiro atoms. The van der Waals surface area contributed by atoms with E-state index in [4.69, 9.17) is 4.42 Å². The topological polar surface area (TPSA) is 62.5 Å². The predicted octanol–water partition coefficient (Wildman–Crippen LogP) is 2.51. The Labute approximate surface area is 114 Å². The van der Waals surface area contributed by atoms with Gasteiger partial charge in [0.05, 0.1) is 12.1 Å². The number of aryl methyl sites for hydroxylation is 1. The van der Waals surface area contributed by atoms with Crippen LogP contribution in [0.4, 0.5) is 0 Å². The van der Waals surface area contributed by atoms with Crippen molar-refractivity contribution in [2.24, 2.45) is 5.92 Å². The summed E-state index contributed by atoms with van der Waals surface area (Å²) in [4.78, 5) is 12.2.